The normalized spacial score (nSPS) is 11.3. The summed E-state index contributed by atoms with van der Waals surface area (Å²) in [6.45, 7) is 0. The van der Waals surface area contributed by atoms with Crippen molar-refractivity contribution >= 4 is 34.8 Å². The van der Waals surface area contributed by atoms with Crippen LogP contribution in [0.2, 0.25) is 15.1 Å². The van der Waals surface area contributed by atoms with Crippen LogP contribution in [0.15, 0.2) is 24.4 Å². The summed E-state index contributed by atoms with van der Waals surface area (Å²) >= 11 is 17.7. The Morgan fingerprint density at radius 1 is 1.09 bits per heavy atom. The Kier molecular flexibility index (Phi) is 4.86. The number of nitrogens with zero attached hydrogens (tertiary/aromatic N) is 2. The van der Waals surface area contributed by atoms with Gasteiger partial charge in [-0.25, -0.2) is 0 Å². The van der Waals surface area contributed by atoms with E-state index >= 15 is 0 Å². The molecule has 0 aliphatic rings. The van der Waals surface area contributed by atoms with Gasteiger partial charge in [-0.1, -0.05) is 34.8 Å². The molecule has 2 aromatic rings. The fraction of sp³-hybridized carbons (Fsp3) is 0.143. The number of rotatable bonds is 2. The predicted octanol–water partition coefficient (Wildman–Crippen LogP) is 5.79. The van der Waals surface area contributed by atoms with E-state index in [0.29, 0.717) is 11.8 Å². The Morgan fingerprint density at radius 2 is 1.68 bits per heavy atom. The highest BCUT2D eigenvalue weighted by Gasteiger charge is 2.31. The van der Waals surface area contributed by atoms with Gasteiger partial charge in [0, 0.05) is 11.8 Å². The van der Waals surface area contributed by atoms with Gasteiger partial charge in [0.2, 0.25) is 0 Å². The standard InChI is InChI=1S/C14H6Cl3F3N2/c15-10-4-8(5-11(16)12(10)17)13-7(1-2-21)3-9(6-22-13)14(18,19)20/h3-6H,1H2. The molecule has 114 valence electrons. The fourth-order valence-electron chi connectivity index (χ4n) is 1.84. The maximum atomic E-state index is 12.7. The van der Waals surface area contributed by atoms with Crippen LogP contribution in [0.3, 0.4) is 0 Å². The molecule has 0 amide bonds. The lowest BCUT2D eigenvalue weighted by molar-refractivity contribution is -0.137. The molecular formula is C14H6Cl3F3N2. The highest BCUT2D eigenvalue weighted by Crippen LogP contribution is 2.37. The van der Waals surface area contributed by atoms with Crippen LogP contribution in [-0.2, 0) is 12.6 Å². The number of hydrogen-bond donors (Lipinski definition) is 0. The van der Waals surface area contributed by atoms with Crippen molar-refractivity contribution in [3.8, 4) is 17.3 Å². The van der Waals surface area contributed by atoms with Gasteiger partial charge < -0.3 is 0 Å². The SMILES string of the molecule is N#CCc1cc(C(F)(F)F)cnc1-c1cc(Cl)c(Cl)c(Cl)c1. The molecule has 1 aromatic heterocycles. The van der Waals surface area contributed by atoms with Gasteiger partial charge in [-0.3, -0.25) is 4.98 Å². The van der Waals surface area contributed by atoms with Gasteiger partial charge >= 0.3 is 6.18 Å². The maximum Gasteiger partial charge on any atom is 0.417 e. The van der Waals surface area contributed by atoms with Gasteiger partial charge in [0.15, 0.2) is 0 Å². The molecule has 2 rings (SSSR count). The molecule has 0 saturated heterocycles. The summed E-state index contributed by atoms with van der Waals surface area (Å²) < 4.78 is 38.2. The van der Waals surface area contributed by atoms with Crippen LogP contribution in [-0.4, -0.2) is 4.98 Å². The van der Waals surface area contributed by atoms with Crippen molar-refractivity contribution in [2.45, 2.75) is 12.6 Å². The maximum absolute atomic E-state index is 12.7. The van der Waals surface area contributed by atoms with E-state index in [1.54, 1.807) is 0 Å². The first-order valence-corrected chi connectivity index (χ1v) is 6.95. The van der Waals surface area contributed by atoms with Crippen LogP contribution >= 0.6 is 34.8 Å². The summed E-state index contributed by atoms with van der Waals surface area (Å²) in [7, 11) is 0. The van der Waals surface area contributed by atoms with Gasteiger partial charge in [0.1, 0.15) is 0 Å². The molecule has 0 fully saturated rings. The minimum absolute atomic E-state index is 0.131. The molecule has 8 heteroatoms. The fourth-order valence-corrected chi connectivity index (χ4v) is 2.43. The van der Waals surface area contributed by atoms with Crippen LogP contribution in [0.1, 0.15) is 11.1 Å². The first-order chi connectivity index (χ1) is 10.2. The van der Waals surface area contributed by atoms with Crippen molar-refractivity contribution in [1.29, 1.82) is 5.26 Å². The Labute approximate surface area is 139 Å². The molecule has 0 aliphatic carbocycles. The molecule has 0 spiro atoms. The Morgan fingerprint density at radius 3 is 2.18 bits per heavy atom. The molecule has 22 heavy (non-hydrogen) atoms. The number of pyridine rings is 1. The van der Waals surface area contributed by atoms with Crippen molar-refractivity contribution in [3.63, 3.8) is 0 Å². The number of alkyl halides is 3. The molecule has 2 nitrogen and oxygen atoms in total. The number of aromatic nitrogens is 1. The third-order valence-electron chi connectivity index (χ3n) is 2.82. The molecule has 0 radical (unpaired) electrons. The molecule has 1 aromatic carbocycles. The lowest BCUT2D eigenvalue weighted by Gasteiger charge is -2.12. The Hall–Kier alpha value is -1.48. The quantitative estimate of drug-likeness (QED) is 0.631. The van der Waals surface area contributed by atoms with E-state index in [1.807, 2.05) is 6.07 Å². The predicted molar refractivity (Wildman–Crippen MR) is 79.0 cm³/mol. The number of hydrogen-bond acceptors (Lipinski definition) is 2. The largest absolute Gasteiger partial charge is 0.417 e. The van der Waals surface area contributed by atoms with E-state index in [4.69, 9.17) is 40.1 Å². The first kappa shape index (κ1) is 16.9. The second-order valence-corrected chi connectivity index (χ2v) is 5.51. The Balaban J connectivity index is 2.63. The summed E-state index contributed by atoms with van der Waals surface area (Å²) in [4.78, 5) is 3.81. The minimum Gasteiger partial charge on any atom is -0.255 e. The summed E-state index contributed by atoms with van der Waals surface area (Å²) in [6.07, 6.45) is -4.07. The second-order valence-electron chi connectivity index (χ2n) is 4.32. The van der Waals surface area contributed by atoms with Crippen molar-refractivity contribution in [1.82, 2.24) is 4.98 Å². The lowest BCUT2D eigenvalue weighted by Crippen LogP contribution is -2.07. The second kappa shape index (κ2) is 6.33. The average molecular weight is 366 g/mol. The molecule has 0 atom stereocenters. The monoisotopic (exact) mass is 364 g/mol. The molecular weight excluding hydrogens is 360 g/mol. The molecule has 0 N–H and O–H groups in total. The van der Waals surface area contributed by atoms with Gasteiger partial charge in [0.05, 0.1) is 38.8 Å². The zero-order valence-electron chi connectivity index (χ0n) is 10.7. The van der Waals surface area contributed by atoms with E-state index in [1.165, 1.54) is 12.1 Å². The lowest BCUT2D eigenvalue weighted by atomic mass is 10.0. The van der Waals surface area contributed by atoms with Crippen molar-refractivity contribution in [2.24, 2.45) is 0 Å². The molecule has 0 unspecified atom stereocenters. The van der Waals surface area contributed by atoms with Crippen molar-refractivity contribution in [2.75, 3.05) is 0 Å². The van der Waals surface area contributed by atoms with Gasteiger partial charge in [-0.15, -0.1) is 0 Å². The Bertz CT molecular complexity index is 744. The number of benzene rings is 1. The summed E-state index contributed by atoms with van der Waals surface area (Å²) in [5, 5.41) is 9.24. The van der Waals surface area contributed by atoms with Crippen LogP contribution in [0, 0.1) is 11.3 Å². The summed E-state index contributed by atoms with van der Waals surface area (Å²) in [5.41, 5.74) is -0.201. The van der Waals surface area contributed by atoms with Crippen LogP contribution in [0.5, 0.6) is 0 Å². The average Bonchev–Trinajstić information content (AvgIpc) is 2.43. The van der Waals surface area contributed by atoms with E-state index < -0.39 is 11.7 Å². The van der Waals surface area contributed by atoms with Gasteiger partial charge in [-0.2, -0.15) is 18.4 Å². The summed E-state index contributed by atoms with van der Waals surface area (Å²) in [6, 6.07) is 5.58. The van der Waals surface area contributed by atoms with Crippen LogP contribution in [0.25, 0.3) is 11.3 Å². The van der Waals surface area contributed by atoms with Gasteiger partial charge in [0.25, 0.3) is 0 Å². The van der Waals surface area contributed by atoms with E-state index in [9.17, 15) is 13.2 Å². The van der Waals surface area contributed by atoms with E-state index in [0.717, 1.165) is 6.07 Å². The molecule has 0 bridgehead atoms. The molecule has 0 aliphatic heterocycles. The van der Waals surface area contributed by atoms with Crippen molar-refractivity contribution < 1.29 is 13.2 Å². The van der Waals surface area contributed by atoms with E-state index in [-0.39, 0.29) is 32.7 Å². The van der Waals surface area contributed by atoms with Gasteiger partial charge in [-0.05, 0) is 23.8 Å². The third-order valence-corrected chi connectivity index (χ3v) is 4.02. The number of nitriles is 1. The van der Waals surface area contributed by atoms with Crippen LogP contribution < -0.4 is 0 Å². The highest BCUT2D eigenvalue weighted by atomic mass is 35.5. The topological polar surface area (TPSA) is 36.7 Å². The van der Waals surface area contributed by atoms with E-state index in [2.05, 4.69) is 4.98 Å². The first-order valence-electron chi connectivity index (χ1n) is 5.82. The highest BCUT2D eigenvalue weighted by molar-refractivity contribution is 6.48. The number of halogens is 6. The van der Waals surface area contributed by atoms with Crippen LogP contribution in [0.4, 0.5) is 13.2 Å². The zero-order valence-corrected chi connectivity index (χ0v) is 12.9. The molecule has 1 heterocycles. The summed E-state index contributed by atoms with van der Waals surface area (Å²) in [5.74, 6) is 0. The van der Waals surface area contributed by atoms with Crippen molar-refractivity contribution in [3.05, 3.63) is 50.6 Å². The third kappa shape index (κ3) is 3.46. The molecule has 0 saturated carbocycles. The smallest absolute Gasteiger partial charge is 0.255 e. The minimum atomic E-state index is -4.54. The zero-order chi connectivity index (χ0) is 16.5.